The molecule has 0 saturated heterocycles. The normalized spacial score (nSPS) is 9.76. The molecule has 0 radical (unpaired) electrons. The van der Waals surface area contributed by atoms with Crippen molar-refractivity contribution in [3.05, 3.63) is 69.2 Å². The molecule has 0 fully saturated rings. The summed E-state index contributed by atoms with van der Waals surface area (Å²) in [4.78, 5) is 10.3. The van der Waals surface area contributed by atoms with Crippen molar-refractivity contribution in [2.75, 3.05) is 0 Å². The second kappa shape index (κ2) is 8.67. The molecule has 112 valence electrons. The Morgan fingerprint density at radius 2 is 1.48 bits per heavy atom. The first-order valence-corrected chi connectivity index (χ1v) is 7.48. The number of hydrogen-bond donors (Lipinski definition) is 0. The van der Waals surface area contributed by atoms with Crippen LogP contribution in [0.25, 0.3) is 0 Å². The lowest BCUT2D eigenvalue weighted by Gasteiger charge is -1.98. The van der Waals surface area contributed by atoms with Crippen molar-refractivity contribution in [3.8, 4) is 0 Å². The third-order valence-corrected chi connectivity index (χ3v) is 3.47. The minimum absolute atomic E-state index is 0.120. The number of carbonyl (C=O) groups is 1. The fourth-order valence-electron chi connectivity index (χ4n) is 1.75. The van der Waals surface area contributed by atoms with Crippen molar-refractivity contribution in [3.63, 3.8) is 0 Å². The third kappa shape index (κ3) is 5.38. The standard InChI is InChI=1S/C9H9FO.C8H8BrF/c1-2-8-5-7(6-11)3-4-9(8)10;1-2-6-5-7(9)3-4-8(6)10/h3-6H,2H2,1H3;3-5H,2H2,1H3. The van der Waals surface area contributed by atoms with E-state index in [9.17, 15) is 13.6 Å². The van der Waals surface area contributed by atoms with Gasteiger partial charge in [0.25, 0.3) is 0 Å². The van der Waals surface area contributed by atoms with Gasteiger partial charge in [-0.1, -0.05) is 29.8 Å². The Bertz CT molecular complexity index is 612. The summed E-state index contributed by atoms with van der Waals surface area (Å²) >= 11 is 3.27. The Labute approximate surface area is 132 Å². The first-order valence-electron chi connectivity index (χ1n) is 6.69. The fraction of sp³-hybridized carbons (Fsp3) is 0.235. The summed E-state index contributed by atoms with van der Waals surface area (Å²) in [6.07, 6.45) is 2.08. The van der Waals surface area contributed by atoms with Gasteiger partial charge in [-0.2, -0.15) is 0 Å². The summed E-state index contributed by atoms with van der Waals surface area (Å²) in [6.45, 7) is 3.79. The Balaban J connectivity index is 0.000000211. The molecule has 0 saturated carbocycles. The first kappa shape index (κ1) is 17.5. The van der Waals surface area contributed by atoms with Crippen LogP contribution in [0, 0.1) is 11.6 Å². The lowest BCUT2D eigenvalue weighted by Crippen LogP contribution is -1.89. The number of aldehydes is 1. The van der Waals surface area contributed by atoms with Gasteiger partial charge in [-0.15, -0.1) is 0 Å². The zero-order valence-electron chi connectivity index (χ0n) is 12.0. The smallest absolute Gasteiger partial charge is 0.150 e. The van der Waals surface area contributed by atoms with E-state index in [0.29, 0.717) is 17.5 Å². The van der Waals surface area contributed by atoms with E-state index in [1.54, 1.807) is 18.2 Å². The molecular weight excluding hydrogens is 338 g/mol. The molecule has 0 aliphatic carbocycles. The lowest BCUT2D eigenvalue weighted by atomic mass is 10.1. The van der Waals surface area contributed by atoms with Crippen LogP contribution in [0.5, 0.6) is 0 Å². The summed E-state index contributed by atoms with van der Waals surface area (Å²) in [6, 6.07) is 9.35. The number of rotatable bonds is 3. The number of aryl methyl sites for hydroxylation is 2. The highest BCUT2D eigenvalue weighted by atomic mass is 79.9. The lowest BCUT2D eigenvalue weighted by molar-refractivity contribution is 0.112. The van der Waals surface area contributed by atoms with E-state index in [1.165, 1.54) is 18.2 Å². The molecule has 2 rings (SSSR count). The molecule has 0 atom stereocenters. The van der Waals surface area contributed by atoms with E-state index in [1.807, 2.05) is 13.8 Å². The van der Waals surface area contributed by atoms with Crippen molar-refractivity contribution in [2.24, 2.45) is 0 Å². The number of carbonyl (C=O) groups excluding carboxylic acids is 1. The fourth-order valence-corrected chi connectivity index (χ4v) is 2.16. The second-order valence-corrected chi connectivity index (χ2v) is 5.33. The molecule has 0 amide bonds. The van der Waals surface area contributed by atoms with Gasteiger partial charge in [0.15, 0.2) is 0 Å². The van der Waals surface area contributed by atoms with E-state index >= 15 is 0 Å². The third-order valence-electron chi connectivity index (χ3n) is 2.98. The van der Waals surface area contributed by atoms with E-state index in [4.69, 9.17) is 0 Å². The van der Waals surface area contributed by atoms with E-state index < -0.39 is 0 Å². The topological polar surface area (TPSA) is 17.1 Å². The number of hydrogen-bond acceptors (Lipinski definition) is 1. The molecule has 21 heavy (non-hydrogen) atoms. The van der Waals surface area contributed by atoms with Crippen LogP contribution < -0.4 is 0 Å². The number of halogens is 3. The summed E-state index contributed by atoms with van der Waals surface area (Å²) in [5, 5.41) is 0. The van der Waals surface area contributed by atoms with Crippen molar-refractivity contribution in [2.45, 2.75) is 26.7 Å². The molecule has 2 aromatic rings. The number of benzene rings is 2. The molecule has 0 heterocycles. The van der Waals surface area contributed by atoms with Gasteiger partial charge in [-0.3, -0.25) is 4.79 Å². The van der Waals surface area contributed by atoms with E-state index in [2.05, 4.69) is 15.9 Å². The van der Waals surface area contributed by atoms with Crippen LogP contribution in [-0.2, 0) is 12.8 Å². The van der Waals surface area contributed by atoms with Gasteiger partial charge in [0.1, 0.15) is 17.9 Å². The highest BCUT2D eigenvalue weighted by molar-refractivity contribution is 9.10. The zero-order chi connectivity index (χ0) is 15.8. The summed E-state index contributed by atoms with van der Waals surface area (Å²) in [7, 11) is 0. The molecular formula is C17H17BrF2O. The molecule has 2 aromatic carbocycles. The van der Waals surface area contributed by atoms with E-state index in [-0.39, 0.29) is 11.6 Å². The van der Waals surface area contributed by atoms with Crippen molar-refractivity contribution in [1.29, 1.82) is 0 Å². The predicted molar refractivity (Wildman–Crippen MR) is 84.6 cm³/mol. The quantitative estimate of drug-likeness (QED) is 0.678. The van der Waals surface area contributed by atoms with Gasteiger partial charge in [0.05, 0.1) is 0 Å². The van der Waals surface area contributed by atoms with E-state index in [0.717, 1.165) is 22.7 Å². The minimum Gasteiger partial charge on any atom is -0.298 e. The molecule has 0 spiro atoms. The summed E-state index contributed by atoms with van der Waals surface area (Å²) in [5.41, 5.74) is 1.88. The molecule has 0 aromatic heterocycles. The Morgan fingerprint density at radius 1 is 0.952 bits per heavy atom. The van der Waals surface area contributed by atoms with Crippen LogP contribution in [0.4, 0.5) is 8.78 Å². The largest absolute Gasteiger partial charge is 0.298 e. The first-order chi connectivity index (χ1) is 10.0. The van der Waals surface area contributed by atoms with Crippen LogP contribution in [0.15, 0.2) is 40.9 Å². The monoisotopic (exact) mass is 354 g/mol. The van der Waals surface area contributed by atoms with Crippen LogP contribution in [0.2, 0.25) is 0 Å². The summed E-state index contributed by atoms with van der Waals surface area (Å²) in [5.74, 6) is -0.358. The molecule has 1 nitrogen and oxygen atoms in total. The SMILES string of the molecule is CCc1cc(Br)ccc1F.CCc1cc(C=O)ccc1F. The summed E-state index contributed by atoms with van der Waals surface area (Å²) < 4.78 is 26.5. The Hall–Kier alpha value is -1.55. The Kier molecular flexibility index (Phi) is 7.23. The highest BCUT2D eigenvalue weighted by Crippen LogP contribution is 2.15. The van der Waals surface area contributed by atoms with Crippen molar-refractivity contribution >= 4 is 22.2 Å². The van der Waals surface area contributed by atoms with Gasteiger partial charge < -0.3 is 0 Å². The minimum atomic E-state index is -0.238. The van der Waals surface area contributed by atoms with Gasteiger partial charge in [0, 0.05) is 10.0 Å². The van der Waals surface area contributed by atoms with Crippen LogP contribution in [-0.4, -0.2) is 6.29 Å². The van der Waals surface area contributed by atoms with Crippen LogP contribution in [0.3, 0.4) is 0 Å². The second-order valence-electron chi connectivity index (χ2n) is 4.41. The molecule has 0 bridgehead atoms. The van der Waals surface area contributed by atoms with Gasteiger partial charge in [-0.25, -0.2) is 8.78 Å². The average Bonchev–Trinajstić information content (AvgIpc) is 2.51. The molecule has 0 unspecified atom stereocenters. The highest BCUT2D eigenvalue weighted by Gasteiger charge is 1.99. The molecule has 0 N–H and O–H groups in total. The van der Waals surface area contributed by atoms with Crippen LogP contribution in [0.1, 0.15) is 35.3 Å². The van der Waals surface area contributed by atoms with Crippen molar-refractivity contribution in [1.82, 2.24) is 0 Å². The maximum absolute atomic E-state index is 12.8. The predicted octanol–water partition coefficient (Wildman–Crippen LogP) is 5.35. The van der Waals surface area contributed by atoms with Gasteiger partial charge in [-0.05, 0) is 60.4 Å². The Morgan fingerprint density at radius 3 is 1.95 bits per heavy atom. The molecule has 0 aliphatic rings. The average molecular weight is 355 g/mol. The van der Waals surface area contributed by atoms with Crippen molar-refractivity contribution < 1.29 is 13.6 Å². The van der Waals surface area contributed by atoms with Gasteiger partial charge >= 0.3 is 0 Å². The molecule has 4 heteroatoms. The zero-order valence-corrected chi connectivity index (χ0v) is 13.6. The maximum atomic E-state index is 12.8. The molecule has 0 aliphatic heterocycles. The van der Waals surface area contributed by atoms with Crippen LogP contribution >= 0.6 is 15.9 Å². The maximum Gasteiger partial charge on any atom is 0.150 e. The van der Waals surface area contributed by atoms with Gasteiger partial charge in [0.2, 0.25) is 0 Å².